The Bertz CT molecular complexity index is 521. The molecule has 0 radical (unpaired) electrons. The third-order valence-corrected chi connectivity index (χ3v) is 3.48. The summed E-state index contributed by atoms with van der Waals surface area (Å²) in [5, 5.41) is 8.79. The fraction of sp³-hybridized carbons (Fsp3) is 0.500. The summed E-state index contributed by atoms with van der Waals surface area (Å²) in [6.45, 7) is 6.22. The highest BCUT2D eigenvalue weighted by Gasteiger charge is 2.23. The summed E-state index contributed by atoms with van der Waals surface area (Å²) < 4.78 is 18.9. The summed E-state index contributed by atoms with van der Waals surface area (Å²) in [5.41, 5.74) is 1.62. The highest BCUT2D eigenvalue weighted by molar-refractivity contribution is 5.41. The largest absolute Gasteiger partial charge is 0.384 e. The summed E-state index contributed by atoms with van der Waals surface area (Å²) in [4.78, 5) is 2.31. The van der Waals surface area contributed by atoms with Crippen molar-refractivity contribution >= 4 is 0 Å². The Labute approximate surface area is 119 Å². The molecule has 1 heterocycles. The first-order valence-electron chi connectivity index (χ1n) is 6.84. The predicted octanol–water partition coefficient (Wildman–Crippen LogP) is 1.78. The number of rotatable bonds is 2. The molecule has 1 aromatic rings. The van der Waals surface area contributed by atoms with Gasteiger partial charge in [0.2, 0.25) is 0 Å². The molecule has 1 fully saturated rings. The summed E-state index contributed by atoms with van der Waals surface area (Å²) in [7, 11) is 0. The van der Waals surface area contributed by atoms with Gasteiger partial charge in [0.05, 0.1) is 12.7 Å². The van der Waals surface area contributed by atoms with Gasteiger partial charge in [-0.3, -0.25) is 4.90 Å². The molecule has 2 atom stereocenters. The Morgan fingerprint density at radius 2 is 2.25 bits per heavy atom. The zero-order chi connectivity index (χ0) is 14.5. The SMILES string of the molecule is CC1CN(Cc2ccc(F)cc2C#CCO)C(C)CO1. The smallest absolute Gasteiger partial charge is 0.124 e. The molecule has 2 rings (SSSR count). The molecule has 2 unspecified atom stereocenters. The van der Waals surface area contributed by atoms with Gasteiger partial charge < -0.3 is 9.84 Å². The van der Waals surface area contributed by atoms with Gasteiger partial charge >= 0.3 is 0 Å². The maximum atomic E-state index is 13.3. The molecule has 0 amide bonds. The molecule has 20 heavy (non-hydrogen) atoms. The van der Waals surface area contributed by atoms with E-state index >= 15 is 0 Å². The Hall–Kier alpha value is -1.41. The fourth-order valence-electron chi connectivity index (χ4n) is 2.35. The highest BCUT2D eigenvalue weighted by atomic mass is 19.1. The minimum Gasteiger partial charge on any atom is -0.384 e. The number of nitrogens with zero attached hydrogens (tertiary/aromatic N) is 1. The molecule has 0 bridgehead atoms. The molecule has 0 aromatic heterocycles. The van der Waals surface area contributed by atoms with Crippen LogP contribution in [0.5, 0.6) is 0 Å². The molecule has 1 aliphatic heterocycles. The molecule has 0 saturated carbocycles. The van der Waals surface area contributed by atoms with E-state index in [4.69, 9.17) is 9.84 Å². The van der Waals surface area contributed by atoms with Crippen molar-refractivity contribution in [2.45, 2.75) is 32.5 Å². The van der Waals surface area contributed by atoms with Crippen LogP contribution in [0.25, 0.3) is 0 Å². The number of aliphatic hydroxyl groups is 1. The lowest BCUT2D eigenvalue weighted by molar-refractivity contribution is -0.0527. The number of ether oxygens (including phenoxy) is 1. The Kier molecular flexibility index (Phi) is 5.13. The molecule has 1 aromatic carbocycles. The zero-order valence-electron chi connectivity index (χ0n) is 11.9. The van der Waals surface area contributed by atoms with Crippen LogP contribution in [0.3, 0.4) is 0 Å². The topological polar surface area (TPSA) is 32.7 Å². The number of morpholine rings is 1. The molecule has 108 valence electrons. The first kappa shape index (κ1) is 15.0. The van der Waals surface area contributed by atoms with Crippen molar-refractivity contribution in [3.63, 3.8) is 0 Å². The number of halogens is 1. The second-order valence-corrected chi connectivity index (χ2v) is 5.18. The van der Waals surface area contributed by atoms with Crippen LogP contribution in [0.2, 0.25) is 0 Å². The predicted molar refractivity (Wildman–Crippen MR) is 75.6 cm³/mol. The van der Waals surface area contributed by atoms with Crippen molar-refractivity contribution in [2.24, 2.45) is 0 Å². The standard InChI is InChI=1S/C16H20FNO2/c1-12-11-20-13(2)9-18(12)10-15-5-6-16(17)8-14(15)4-3-7-19/h5-6,8,12-13,19H,7,9-11H2,1-2H3. The van der Waals surface area contributed by atoms with Gasteiger partial charge in [0.15, 0.2) is 0 Å². The molecule has 1 N–H and O–H groups in total. The van der Waals surface area contributed by atoms with Gasteiger partial charge in [-0.05, 0) is 31.5 Å². The van der Waals surface area contributed by atoms with Crippen LogP contribution in [-0.2, 0) is 11.3 Å². The van der Waals surface area contributed by atoms with Crippen LogP contribution in [0.4, 0.5) is 4.39 Å². The minimum atomic E-state index is -0.306. The van der Waals surface area contributed by atoms with Crippen molar-refractivity contribution < 1.29 is 14.2 Å². The van der Waals surface area contributed by atoms with Gasteiger partial charge in [-0.2, -0.15) is 0 Å². The van der Waals surface area contributed by atoms with E-state index in [1.165, 1.54) is 12.1 Å². The van der Waals surface area contributed by atoms with Gasteiger partial charge in [0, 0.05) is 24.7 Å². The molecule has 4 heteroatoms. The molecule has 0 aliphatic carbocycles. The van der Waals surface area contributed by atoms with Crippen molar-refractivity contribution in [1.82, 2.24) is 4.90 Å². The van der Waals surface area contributed by atoms with Gasteiger partial charge in [0.25, 0.3) is 0 Å². The van der Waals surface area contributed by atoms with E-state index in [0.29, 0.717) is 24.8 Å². The van der Waals surface area contributed by atoms with E-state index in [-0.39, 0.29) is 18.5 Å². The van der Waals surface area contributed by atoms with Crippen molar-refractivity contribution in [3.8, 4) is 11.8 Å². The Morgan fingerprint density at radius 3 is 3.00 bits per heavy atom. The van der Waals surface area contributed by atoms with E-state index in [0.717, 1.165) is 12.1 Å². The van der Waals surface area contributed by atoms with Gasteiger partial charge in [-0.1, -0.05) is 17.9 Å². The zero-order valence-corrected chi connectivity index (χ0v) is 11.9. The molecule has 3 nitrogen and oxygen atoms in total. The van der Waals surface area contributed by atoms with Crippen LogP contribution in [0.15, 0.2) is 18.2 Å². The number of hydrogen-bond donors (Lipinski definition) is 1. The van der Waals surface area contributed by atoms with Gasteiger partial charge in [0.1, 0.15) is 12.4 Å². The average molecular weight is 277 g/mol. The van der Waals surface area contributed by atoms with E-state index in [1.807, 2.05) is 0 Å². The van der Waals surface area contributed by atoms with Crippen LogP contribution in [-0.4, -0.2) is 41.9 Å². The normalized spacial score (nSPS) is 23.2. The number of hydrogen-bond acceptors (Lipinski definition) is 3. The lowest BCUT2D eigenvalue weighted by Crippen LogP contribution is -2.46. The van der Waals surface area contributed by atoms with E-state index in [2.05, 4.69) is 30.6 Å². The van der Waals surface area contributed by atoms with Crippen molar-refractivity contribution in [1.29, 1.82) is 0 Å². The van der Waals surface area contributed by atoms with E-state index in [1.54, 1.807) is 6.07 Å². The minimum absolute atomic E-state index is 0.207. The second-order valence-electron chi connectivity index (χ2n) is 5.18. The summed E-state index contributed by atoms with van der Waals surface area (Å²) in [5.74, 6) is 5.10. The van der Waals surface area contributed by atoms with E-state index in [9.17, 15) is 4.39 Å². The monoisotopic (exact) mass is 277 g/mol. The maximum Gasteiger partial charge on any atom is 0.124 e. The Balaban J connectivity index is 2.19. The van der Waals surface area contributed by atoms with Gasteiger partial charge in [-0.15, -0.1) is 0 Å². The number of aliphatic hydroxyl groups excluding tert-OH is 1. The molecule has 1 aliphatic rings. The first-order valence-corrected chi connectivity index (χ1v) is 6.84. The summed E-state index contributed by atoms with van der Waals surface area (Å²) >= 11 is 0. The summed E-state index contributed by atoms with van der Waals surface area (Å²) in [6, 6.07) is 4.97. The molecular weight excluding hydrogens is 257 g/mol. The van der Waals surface area contributed by atoms with Crippen LogP contribution in [0, 0.1) is 17.7 Å². The van der Waals surface area contributed by atoms with E-state index < -0.39 is 0 Å². The lowest BCUT2D eigenvalue weighted by Gasteiger charge is -2.37. The quantitative estimate of drug-likeness (QED) is 0.836. The Morgan fingerprint density at radius 1 is 1.45 bits per heavy atom. The molecular formula is C16H20FNO2. The highest BCUT2D eigenvalue weighted by Crippen LogP contribution is 2.18. The van der Waals surface area contributed by atoms with Crippen molar-refractivity contribution in [2.75, 3.05) is 19.8 Å². The second kappa shape index (κ2) is 6.85. The van der Waals surface area contributed by atoms with Gasteiger partial charge in [-0.25, -0.2) is 4.39 Å². The summed E-state index contributed by atoms with van der Waals surface area (Å²) in [6.07, 6.45) is 0.207. The van der Waals surface area contributed by atoms with Crippen LogP contribution < -0.4 is 0 Å². The maximum absolute atomic E-state index is 13.3. The molecule has 0 spiro atoms. The third-order valence-electron chi connectivity index (χ3n) is 3.48. The lowest BCUT2D eigenvalue weighted by atomic mass is 10.1. The third kappa shape index (κ3) is 3.80. The van der Waals surface area contributed by atoms with Crippen LogP contribution in [0.1, 0.15) is 25.0 Å². The number of benzene rings is 1. The molecule has 1 saturated heterocycles. The first-order chi connectivity index (χ1) is 9.60. The average Bonchev–Trinajstić information content (AvgIpc) is 2.43. The fourth-order valence-corrected chi connectivity index (χ4v) is 2.35. The van der Waals surface area contributed by atoms with Crippen LogP contribution >= 0.6 is 0 Å². The van der Waals surface area contributed by atoms with Crippen molar-refractivity contribution in [3.05, 3.63) is 35.1 Å².